The van der Waals surface area contributed by atoms with E-state index < -0.39 is 0 Å². The molecule has 2 rings (SSSR count). The highest BCUT2D eigenvalue weighted by molar-refractivity contribution is 14.0. The maximum Gasteiger partial charge on any atom is 0.222 e. The van der Waals surface area contributed by atoms with Gasteiger partial charge in [0.2, 0.25) is 5.91 Å². The normalized spacial score (nSPS) is 22.3. The minimum Gasteiger partial charge on any atom is -0.357 e. The lowest BCUT2D eigenvalue weighted by Gasteiger charge is -2.19. The Hall–Kier alpha value is -0.570. The Kier molecular flexibility index (Phi) is 9.85. The molecule has 0 aromatic heterocycles. The van der Waals surface area contributed by atoms with Crippen molar-refractivity contribution in [2.75, 3.05) is 46.3 Å². The molecule has 0 spiro atoms. The van der Waals surface area contributed by atoms with Crippen LogP contribution in [0.15, 0.2) is 4.99 Å². The van der Waals surface area contributed by atoms with Crippen LogP contribution in [0.1, 0.15) is 39.0 Å². The van der Waals surface area contributed by atoms with E-state index in [1.165, 1.54) is 19.4 Å². The maximum atomic E-state index is 11.5. The van der Waals surface area contributed by atoms with Gasteiger partial charge in [-0.25, -0.2) is 0 Å². The molecular formula is C16H32IN5O. The van der Waals surface area contributed by atoms with Gasteiger partial charge in [-0.1, -0.05) is 0 Å². The van der Waals surface area contributed by atoms with Gasteiger partial charge in [0.25, 0.3) is 0 Å². The predicted molar refractivity (Wildman–Crippen MR) is 105 cm³/mol. The van der Waals surface area contributed by atoms with E-state index in [1.54, 1.807) is 0 Å². The largest absolute Gasteiger partial charge is 0.357 e. The number of carbonyl (C=O) groups excluding carboxylic acids is 1. The molecule has 1 amide bonds. The summed E-state index contributed by atoms with van der Waals surface area (Å²) in [6.45, 7) is 7.65. The lowest BCUT2D eigenvalue weighted by molar-refractivity contribution is -0.127. The molecule has 2 fully saturated rings. The van der Waals surface area contributed by atoms with Gasteiger partial charge in [-0.15, -0.1) is 24.0 Å². The van der Waals surface area contributed by atoms with E-state index in [0.29, 0.717) is 11.9 Å². The lowest BCUT2D eigenvalue weighted by atomic mass is 10.2. The molecule has 2 heterocycles. The van der Waals surface area contributed by atoms with Crippen LogP contribution in [0.25, 0.3) is 0 Å². The second-order valence-corrected chi connectivity index (χ2v) is 6.26. The Morgan fingerprint density at radius 1 is 1.30 bits per heavy atom. The first kappa shape index (κ1) is 20.5. The van der Waals surface area contributed by atoms with Crippen molar-refractivity contribution in [3.05, 3.63) is 0 Å². The van der Waals surface area contributed by atoms with E-state index in [9.17, 15) is 4.79 Å². The fourth-order valence-electron chi connectivity index (χ4n) is 3.17. The van der Waals surface area contributed by atoms with E-state index in [4.69, 9.17) is 4.99 Å². The van der Waals surface area contributed by atoms with Gasteiger partial charge >= 0.3 is 0 Å². The lowest BCUT2D eigenvalue weighted by Crippen LogP contribution is -2.40. The first-order chi connectivity index (χ1) is 10.7. The van der Waals surface area contributed by atoms with Gasteiger partial charge in [-0.3, -0.25) is 9.79 Å². The molecule has 1 unspecified atom stereocenters. The summed E-state index contributed by atoms with van der Waals surface area (Å²) in [5.74, 6) is 1.21. The first-order valence-electron chi connectivity index (χ1n) is 8.71. The molecule has 134 valence electrons. The van der Waals surface area contributed by atoms with Crippen LogP contribution in [0, 0.1) is 0 Å². The van der Waals surface area contributed by atoms with Crippen molar-refractivity contribution < 1.29 is 4.79 Å². The van der Waals surface area contributed by atoms with E-state index in [-0.39, 0.29) is 24.0 Å². The zero-order valence-electron chi connectivity index (χ0n) is 14.5. The molecule has 0 aliphatic carbocycles. The van der Waals surface area contributed by atoms with Gasteiger partial charge in [0.1, 0.15) is 0 Å². The van der Waals surface area contributed by atoms with Crippen molar-refractivity contribution in [2.24, 2.45) is 4.99 Å². The van der Waals surface area contributed by atoms with Crippen LogP contribution in [0.5, 0.6) is 0 Å². The number of halogens is 1. The van der Waals surface area contributed by atoms with Crippen LogP contribution in [0.4, 0.5) is 0 Å². The molecule has 0 bridgehead atoms. The number of hydrogen-bond acceptors (Lipinski definition) is 3. The molecule has 7 heteroatoms. The van der Waals surface area contributed by atoms with E-state index in [0.717, 1.165) is 57.9 Å². The number of carbonyl (C=O) groups is 1. The first-order valence-corrected chi connectivity index (χ1v) is 8.71. The van der Waals surface area contributed by atoms with Crippen LogP contribution >= 0.6 is 24.0 Å². The maximum absolute atomic E-state index is 11.5. The van der Waals surface area contributed by atoms with Crippen molar-refractivity contribution in [2.45, 2.75) is 45.1 Å². The number of likely N-dealkylation sites (N-methyl/N-ethyl adjacent to an activating group) is 1. The minimum absolute atomic E-state index is 0. The third-order valence-corrected chi connectivity index (χ3v) is 4.54. The van der Waals surface area contributed by atoms with Crippen LogP contribution in [-0.4, -0.2) is 74.0 Å². The van der Waals surface area contributed by atoms with Crippen molar-refractivity contribution in [1.82, 2.24) is 20.4 Å². The van der Waals surface area contributed by atoms with Crippen LogP contribution in [0.2, 0.25) is 0 Å². The Morgan fingerprint density at radius 2 is 2.13 bits per heavy atom. The van der Waals surface area contributed by atoms with Gasteiger partial charge in [0.05, 0.1) is 6.54 Å². The Bertz CT molecular complexity index is 391. The van der Waals surface area contributed by atoms with E-state index in [2.05, 4.69) is 29.5 Å². The minimum atomic E-state index is 0. The number of amides is 1. The summed E-state index contributed by atoms with van der Waals surface area (Å²) >= 11 is 0. The number of guanidine groups is 1. The van der Waals surface area contributed by atoms with E-state index in [1.807, 2.05) is 4.90 Å². The van der Waals surface area contributed by atoms with Crippen molar-refractivity contribution in [3.8, 4) is 0 Å². The fraction of sp³-hybridized carbons (Fsp3) is 0.875. The highest BCUT2D eigenvalue weighted by Crippen LogP contribution is 2.14. The Morgan fingerprint density at radius 3 is 2.74 bits per heavy atom. The highest BCUT2D eigenvalue weighted by Gasteiger charge is 2.20. The number of nitrogens with zero attached hydrogens (tertiary/aromatic N) is 3. The molecule has 0 radical (unpaired) electrons. The third-order valence-electron chi connectivity index (χ3n) is 4.54. The third kappa shape index (κ3) is 6.82. The summed E-state index contributed by atoms with van der Waals surface area (Å²) in [4.78, 5) is 20.6. The van der Waals surface area contributed by atoms with Gasteiger partial charge in [0, 0.05) is 38.6 Å². The number of hydrogen-bond donors (Lipinski definition) is 2. The highest BCUT2D eigenvalue weighted by atomic mass is 127. The van der Waals surface area contributed by atoms with Crippen LogP contribution in [0.3, 0.4) is 0 Å². The monoisotopic (exact) mass is 437 g/mol. The van der Waals surface area contributed by atoms with Crippen molar-refractivity contribution in [3.63, 3.8) is 0 Å². The smallest absolute Gasteiger partial charge is 0.222 e. The molecule has 2 N–H and O–H groups in total. The fourth-order valence-corrected chi connectivity index (χ4v) is 3.17. The predicted octanol–water partition coefficient (Wildman–Crippen LogP) is 1.27. The molecule has 2 aliphatic rings. The zero-order chi connectivity index (χ0) is 15.8. The number of likely N-dealkylation sites (tertiary alicyclic amines) is 2. The van der Waals surface area contributed by atoms with E-state index >= 15 is 0 Å². The number of aliphatic imine (C=N–C) groups is 1. The molecule has 0 aromatic rings. The van der Waals surface area contributed by atoms with Crippen LogP contribution < -0.4 is 10.6 Å². The quantitative estimate of drug-likeness (QED) is 0.273. The van der Waals surface area contributed by atoms with Gasteiger partial charge in [-0.05, 0) is 46.2 Å². The van der Waals surface area contributed by atoms with Gasteiger partial charge in [-0.2, -0.15) is 0 Å². The zero-order valence-corrected chi connectivity index (χ0v) is 16.8. The second-order valence-electron chi connectivity index (χ2n) is 6.26. The molecule has 0 aromatic carbocycles. The number of nitrogens with one attached hydrogen (secondary N) is 2. The summed E-state index contributed by atoms with van der Waals surface area (Å²) in [5, 5.41) is 6.68. The van der Waals surface area contributed by atoms with Gasteiger partial charge in [0.15, 0.2) is 5.96 Å². The number of rotatable bonds is 7. The second kappa shape index (κ2) is 11.1. The summed E-state index contributed by atoms with van der Waals surface area (Å²) in [6.07, 6.45) is 5.25. The van der Waals surface area contributed by atoms with Gasteiger partial charge < -0.3 is 20.4 Å². The Balaban J connectivity index is 0.00000264. The Labute approximate surface area is 157 Å². The molecule has 2 saturated heterocycles. The van der Waals surface area contributed by atoms with Crippen LogP contribution in [-0.2, 0) is 4.79 Å². The standard InChI is InChI=1S/C16H31N5O.HI/c1-3-17-16(19-13-14-7-4-10-20(14)2)18-9-6-12-21-11-5-8-15(21)22;/h14H,3-13H2,1-2H3,(H2,17,18,19);1H. The summed E-state index contributed by atoms with van der Waals surface area (Å²) in [7, 11) is 2.18. The molecular weight excluding hydrogens is 405 g/mol. The molecule has 1 atom stereocenters. The molecule has 6 nitrogen and oxygen atoms in total. The average molecular weight is 437 g/mol. The average Bonchev–Trinajstić information content (AvgIpc) is 3.09. The van der Waals surface area contributed by atoms with Crippen molar-refractivity contribution >= 4 is 35.8 Å². The van der Waals surface area contributed by atoms with Crippen molar-refractivity contribution in [1.29, 1.82) is 0 Å². The SMILES string of the molecule is CCNC(=NCC1CCCN1C)NCCCN1CCCC1=O.I. The summed E-state index contributed by atoms with van der Waals surface area (Å²) < 4.78 is 0. The summed E-state index contributed by atoms with van der Waals surface area (Å²) in [5.41, 5.74) is 0. The topological polar surface area (TPSA) is 60.0 Å². The molecule has 23 heavy (non-hydrogen) atoms. The summed E-state index contributed by atoms with van der Waals surface area (Å²) in [6, 6.07) is 0.581. The molecule has 2 aliphatic heterocycles. The molecule has 0 saturated carbocycles.